The van der Waals surface area contributed by atoms with Gasteiger partial charge in [0, 0.05) is 27.9 Å². The fourth-order valence-corrected chi connectivity index (χ4v) is 2.63. The molecule has 1 aromatic carbocycles. The normalized spacial score (nSPS) is 11.2. The molecule has 0 aliphatic carbocycles. The highest BCUT2D eigenvalue weighted by molar-refractivity contribution is 6.31. The van der Waals surface area contributed by atoms with E-state index < -0.39 is 0 Å². The molecule has 2 heterocycles. The van der Waals surface area contributed by atoms with Crippen LogP contribution < -0.4 is 0 Å². The molecule has 102 valence electrons. The van der Waals surface area contributed by atoms with Gasteiger partial charge in [-0.25, -0.2) is 0 Å². The van der Waals surface area contributed by atoms with Gasteiger partial charge in [-0.15, -0.1) is 0 Å². The van der Waals surface area contributed by atoms with Crippen LogP contribution in [0.3, 0.4) is 0 Å². The molecular weight excluding hydrogens is 272 g/mol. The lowest BCUT2D eigenvalue weighted by Gasteiger charge is -2.06. The van der Waals surface area contributed by atoms with E-state index in [0.29, 0.717) is 11.6 Å². The van der Waals surface area contributed by atoms with Crippen LogP contribution in [-0.4, -0.2) is 14.7 Å². The van der Waals surface area contributed by atoms with Gasteiger partial charge in [0.1, 0.15) is 0 Å². The number of rotatable bonds is 3. The first-order valence-electron chi connectivity index (χ1n) is 6.48. The maximum atomic E-state index is 9.47. The van der Waals surface area contributed by atoms with Crippen molar-refractivity contribution >= 4 is 22.5 Å². The summed E-state index contributed by atoms with van der Waals surface area (Å²) in [5.41, 5.74) is 3.92. The van der Waals surface area contributed by atoms with Crippen LogP contribution in [0.15, 0.2) is 42.6 Å². The van der Waals surface area contributed by atoms with Crippen LogP contribution in [0.4, 0.5) is 0 Å². The molecule has 0 fully saturated rings. The molecule has 3 nitrogen and oxygen atoms in total. The van der Waals surface area contributed by atoms with E-state index in [1.54, 1.807) is 0 Å². The van der Waals surface area contributed by atoms with E-state index in [1.165, 1.54) is 0 Å². The van der Waals surface area contributed by atoms with E-state index in [9.17, 15) is 5.11 Å². The molecule has 0 aliphatic heterocycles. The summed E-state index contributed by atoms with van der Waals surface area (Å²) in [7, 11) is 0. The number of benzene rings is 1. The highest BCUT2D eigenvalue weighted by Gasteiger charge is 2.09. The van der Waals surface area contributed by atoms with Crippen molar-refractivity contribution in [3.63, 3.8) is 0 Å². The Morgan fingerprint density at radius 1 is 1.25 bits per heavy atom. The number of aliphatic hydroxyl groups excluding tert-OH is 1. The Morgan fingerprint density at radius 2 is 2.10 bits per heavy atom. The third-order valence-electron chi connectivity index (χ3n) is 3.38. The monoisotopic (exact) mass is 286 g/mol. The summed E-state index contributed by atoms with van der Waals surface area (Å²) in [5, 5.41) is 11.2. The van der Waals surface area contributed by atoms with E-state index in [2.05, 4.69) is 9.55 Å². The van der Waals surface area contributed by atoms with E-state index in [-0.39, 0.29) is 6.61 Å². The lowest BCUT2D eigenvalue weighted by atomic mass is 10.2. The molecule has 0 atom stereocenters. The highest BCUT2D eigenvalue weighted by Crippen LogP contribution is 2.25. The van der Waals surface area contributed by atoms with Crippen molar-refractivity contribution in [2.45, 2.75) is 20.1 Å². The van der Waals surface area contributed by atoms with Crippen LogP contribution in [0.1, 0.15) is 17.0 Å². The maximum absolute atomic E-state index is 9.47. The maximum Gasteiger partial charge on any atom is 0.0702 e. The molecule has 0 radical (unpaired) electrons. The van der Waals surface area contributed by atoms with Gasteiger partial charge in [0.25, 0.3) is 0 Å². The minimum Gasteiger partial charge on any atom is -0.392 e. The Labute approximate surface area is 122 Å². The summed E-state index contributed by atoms with van der Waals surface area (Å²) < 4.78 is 2.08. The van der Waals surface area contributed by atoms with Crippen LogP contribution >= 0.6 is 11.6 Å². The van der Waals surface area contributed by atoms with Crippen molar-refractivity contribution in [2.75, 3.05) is 0 Å². The zero-order valence-corrected chi connectivity index (χ0v) is 11.9. The summed E-state index contributed by atoms with van der Waals surface area (Å²) in [6, 6.07) is 11.7. The largest absolute Gasteiger partial charge is 0.392 e. The first-order chi connectivity index (χ1) is 9.67. The molecule has 0 bridgehead atoms. The van der Waals surface area contributed by atoms with E-state index in [1.807, 2.05) is 49.5 Å². The minimum absolute atomic E-state index is 0.0202. The third kappa shape index (κ3) is 2.42. The minimum atomic E-state index is 0.0202. The summed E-state index contributed by atoms with van der Waals surface area (Å²) in [5.74, 6) is 0. The second kappa shape index (κ2) is 5.27. The molecule has 0 amide bonds. The van der Waals surface area contributed by atoms with Crippen molar-refractivity contribution in [2.24, 2.45) is 0 Å². The third-order valence-corrected chi connectivity index (χ3v) is 3.61. The second-order valence-electron chi connectivity index (χ2n) is 4.87. The Kier molecular flexibility index (Phi) is 3.47. The van der Waals surface area contributed by atoms with Crippen molar-refractivity contribution in [1.29, 1.82) is 0 Å². The van der Waals surface area contributed by atoms with Crippen LogP contribution in [0, 0.1) is 6.92 Å². The van der Waals surface area contributed by atoms with E-state index in [4.69, 9.17) is 11.6 Å². The molecule has 0 saturated carbocycles. The zero-order chi connectivity index (χ0) is 14.1. The molecule has 1 N–H and O–H groups in total. The average Bonchev–Trinajstić information content (AvgIpc) is 2.76. The van der Waals surface area contributed by atoms with Crippen LogP contribution in [-0.2, 0) is 13.2 Å². The van der Waals surface area contributed by atoms with Gasteiger partial charge in [0.15, 0.2) is 0 Å². The van der Waals surface area contributed by atoms with Gasteiger partial charge in [0.05, 0.1) is 24.4 Å². The van der Waals surface area contributed by atoms with Crippen molar-refractivity contribution in [1.82, 2.24) is 9.55 Å². The number of aromatic nitrogens is 2. The lowest BCUT2D eigenvalue weighted by molar-refractivity contribution is 0.283. The number of hydrogen-bond acceptors (Lipinski definition) is 2. The van der Waals surface area contributed by atoms with Gasteiger partial charge in [-0.3, -0.25) is 4.98 Å². The fraction of sp³-hybridized carbons (Fsp3) is 0.188. The van der Waals surface area contributed by atoms with Gasteiger partial charge in [-0.1, -0.05) is 23.7 Å². The summed E-state index contributed by atoms with van der Waals surface area (Å²) in [6.45, 7) is 2.66. The second-order valence-corrected chi connectivity index (χ2v) is 5.31. The van der Waals surface area contributed by atoms with Crippen molar-refractivity contribution in [3.05, 3.63) is 64.6 Å². The highest BCUT2D eigenvalue weighted by atomic mass is 35.5. The number of nitrogens with zero attached hydrogens (tertiary/aromatic N) is 2. The Bertz CT molecular complexity index is 764. The number of aryl methyl sites for hydroxylation is 1. The number of halogens is 1. The topological polar surface area (TPSA) is 38.0 Å². The number of aliphatic hydroxyl groups is 1. The molecule has 20 heavy (non-hydrogen) atoms. The van der Waals surface area contributed by atoms with E-state index >= 15 is 0 Å². The molecule has 0 unspecified atom stereocenters. The Hall–Kier alpha value is -1.84. The van der Waals surface area contributed by atoms with Crippen LogP contribution in [0.25, 0.3) is 10.9 Å². The first-order valence-corrected chi connectivity index (χ1v) is 6.86. The molecule has 0 spiro atoms. The summed E-state index contributed by atoms with van der Waals surface area (Å²) in [4.78, 5) is 4.52. The van der Waals surface area contributed by atoms with Gasteiger partial charge >= 0.3 is 0 Å². The SMILES string of the molecule is Cc1cccc(Cn2cc(CO)c3ccc(Cl)cc32)n1. The predicted molar refractivity (Wildman–Crippen MR) is 80.9 cm³/mol. The zero-order valence-electron chi connectivity index (χ0n) is 11.2. The molecule has 0 saturated heterocycles. The molecule has 4 heteroatoms. The predicted octanol–water partition coefficient (Wildman–Crippen LogP) is 3.54. The Balaban J connectivity index is 2.09. The number of pyridine rings is 1. The summed E-state index contributed by atoms with van der Waals surface area (Å²) in [6.07, 6.45) is 1.96. The van der Waals surface area contributed by atoms with Crippen molar-refractivity contribution in [3.8, 4) is 0 Å². The molecule has 3 aromatic rings. The quantitative estimate of drug-likeness (QED) is 0.800. The Morgan fingerprint density at radius 3 is 2.85 bits per heavy atom. The van der Waals surface area contributed by atoms with Crippen LogP contribution in [0.2, 0.25) is 5.02 Å². The van der Waals surface area contributed by atoms with Crippen molar-refractivity contribution < 1.29 is 5.11 Å². The smallest absolute Gasteiger partial charge is 0.0702 e. The lowest BCUT2D eigenvalue weighted by Crippen LogP contribution is -2.01. The molecular formula is C16H15ClN2O. The standard InChI is InChI=1S/C16H15ClN2O/c1-11-3-2-4-14(18-11)9-19-8-12(10-20)15-6-5-13(17)7-16(15)19/h2-8,20H,9-10H2,1H3. The van der Waals surface area contributed by atoms with Gasteiger partial charge < -0.3 is 9.67 Å². The van der Waals surface area contributed by atoms with Gasteiger partial charge in [0.2, 0.25) is 0 Å². The summed E-state index contributed by atoms with van der Waals surface area (Å²) >= 11 is 6.08. The van der Waals surface area contributed by atoms with Gasteiger partial charge in [-0.2, -0.15) is 0 Å². The average molecular weight is 287 g/mol. The molecule has 2 aromatic heterocycles. The number of hydrogen-bond donors (Lipinski definition) is 1. The van der Waals surface area contributed by atoms with Gasteiger partial charge in [-0.05, 0) is 31.2 Å². The molecule has 0 aliphatic rings. The number of fused-ring (bicyclic) bond motifs is 1. The fourth-order valence-electron chi connectivity index (χ4n) is 2.46. The molecule has 3 rings (SSSR count). The first kappa shape index (κ1) is 13.2. The van der Waals surface area contributed by atoms with Crippen LogP contribution in [0.5, 0.6) is 0 Å². The van der Waals surface area contributed by atoms with E-state index in [0.717, 1.165) is 27.9 Å².